The maximum atomic E-state index is 13.4. The van der Waals surface area contributed by atoms with Crippen molar-refractivity contribution < 1.29 is 38.1 Å². The van der Waals surface area contributed by atoms with Crippen molar-refractivity contribution in [1.82, 2.24) is 36.5 Å². The summed E-state index contributed by atoms with van der Waals surface area (Å²) in [4.78, 5) is 52.4. The smallest absolute Gasteiger partial charge is 0.251 e. The molecule has 1 aliphatic heterocycles. The Morgan fingerprint density at radius 1 is 0.662 bits per heavy atom. The van der Waals surface area contributed by atoms with Crippen molar-refractivity contribution in [3.63, 3.8) is 0 Å². The summed E-state index contributed by atoms with van der Waals surface area (Å²) in [6.45, 7) is 5.67. The first-order valence-electron chi connectivity index (χ1n) is 21.2. The molecule has 336 valence electrons. The molecule has 17 heteroatoms. The van der Waals surface area contributed by atoms with Crippen molar-refractivity contribution in [2.24, 2.45) is 5.10 Å². The molecule has 0 saturated carbocycles. The van der Waals surface area contributed by atoms with Gasteiger partial charge >= 0.3 is 0 Å². The second-order valence-corrected chi connectivity index (χ2v) is 14.5. The van der Waals surface area contributed by atoms with Crippen molar-refractivity contribution in [3.8, 4) is 23.2 Å². The highest BCUT2D eigenvalue weighted by atomic mass is 16.6. The number of fused-ring (bicyclic) bond motifs is 2. The lowest BCUT2D eigenvalue weighted by molar-refractivity contribution is -0.125. The van der Waals surface area contributed by atoms with E-state index in [4.69, 9.17) is 18.9 Å². The van der Waals surface area contributed by atoms with E-state index >= 15 is 0 Å². The lowest BCUT2D eigenvalue weighted by Crippen LogP contribution is -2.32. The van der Waals surface area contributed by atoms with Gasteiger partial charge in [0, 0.05) is 54.6 Å². The number of carbonyl (C=O) groups is 4. The van der Waals surface area contributed by atoms with E-state index in [1.54, 1.807) is 36.1 Å². The number of hydrazone groups is 1. The van der Waals surface area contributed by atoms with Crippen LogP contribution in [-0.2, 0) is 46.4 Å². The van der Waals surface area contributed by atoms with Crippen molar-refractivity contribution in [3.05, 3.63) is 136 Å². The fourth-order valence-electron chi connectivity index (χ4n) is 6.24. The average molecular weight is 882 g/mol. The molecule has 0 radical (unpaired) electrons. The molecule has 4 aromatic carbocycles. The number of carbonyl (C=O) groups excluding carboxylic acids is 4. The molecule has 0 aliphatic carbocycles. The van der Waals surface area contributed by atoms with Crippen LogP contribution in [0.4, 0.5) is 5.69 Å². The molecule has 0 atom stereocenters. The van der Waals surface area contributed by atoms with Crippen LogP contribution >= 0.6 is 0 Å². The molecule has 2 heterocycles. The van der Waals surface area contributed by atoms with E-state index < -0.39 is 5.91 Å². The van der Waals surface area contributed by atoms with Gasteiger partial charge in [-0.15, -0.1) is 20.4 Å². The van der Waals surface area contributed by atoms with Gasteiger partial charge in [0.05, 0.1) is 71.3 Å². The van der Waals surface area contributed by atoms with E-state index in [1.165, 1.54) is 6.21 Å². The Bertz CT molecular complexity index is 2440. The van der Waals surface area contributed by atoms with E-state index in [-0.39, 0.29) is 43.6 Å². The molecule has 3 N–H and O–H groups in total. The quantitative estimate of drug-likeness (QED) is 0.0349. The van der Waals surface area contributed by atoms with Crippen LogP contribution in [0.2, 0.25) is 0 Å². The number of ether oxygens (including phenoxy) is 4. The molecule has 5 aromatic rings. The van der Waals surface area contributed by atoms with Gasteiger partial charge in [-0.2, -0.15) is 5.10 Å². The molecule has 17 nitrogen and oxygen atoms in total. The molecule has 65 heavy (non-hydrogen) atoms. The van der Waals surface area contributed by atoms with E-state index in [2.05, 4.69) is 53.4 Å². The molecule has 6 rings (SSSR count). The summed E-state index contributed by atoms with van der Waals surface area (Å²) in [6, 6.07) is 29.5. The molecule has 0 spiro atoms. The number of aryl methyl sites for hydroxylation is 1. The zero-order valence-electron chi connectivity index (χ0n) is 36.2. The van der Waals surface area contributed by atoms with Crippen LogP contribution in [0, 0.1) is 18.8 Å². The number of rotatable bonds is 24. The predicted octanol–water partition coefficient (Wildman–Crippen LogP) is 3.92. The van der Waals surface area contributed by atoms with Crippen LogP contribution in [-0.4, -0.2) is 110 Å². The first kappa shape index (κ1) is 47.3. The minimum Gasteiger partial charge on any atom is -0.379 e. The second-order valence-electron chi connectivity index (χ2n) is 14.5. The van der Waals surface area contributed by atoms with Gasteiger partial charge in [-0.1, -0.05) is 78.6 Å². The SMILES string of the molecule is Cc1nnc(-c2ccc(CNC(=O)CCOCCOCCOCCOCCNC(=O)c3ccc(/C=N/NC(=O)CCC(=O)N4Cc5ccccc5C#Cc5ccccc54)cc3)cc2)nn1. The van der Waals surface area contributed by atoms with Gasteiger partial charge in [0.15, 0.2) is 5.82 Å². The highest BCUT2D eigenvalue weighted by molar-refractivity contribution is 5.97. The number of anilines is 1. The van der Waals surface area contributed by atoms with Crippen LogP contribution in [0.1, 0.15) is 63.3 Å². The number of benzene rings is 4. The lowest BCUT2D eigenvalue weighted by atomic mass is 10.0. The minimum absolute atomic E-state index is 0.00252. The number of nitrogens with one attached hydrogen (secondary N) is 3. The number of para-hydroxylation sites is 1. The molecule has 4 amide bonds. The Hall–Kier alpha value is -7.23. The van der Waals surface area contributed by atoms with Gasteiger partial charge in [0.2, 0.25) is 23.5 Å². The van der Waals surface area contributed by atoms with E-state index in [1.807, 2.05) is 72.8 Å². The Morgan fingerprint density at radius 3 is 2.02 bits per heavy atom. The van der Waals surface area contributed by atoms with Gasteiger partial charge in [-0.25, -0.2) is 5.43 Å². The third-order valence-electron chi connectivity index (χ3n) is 9.72. The Labute approximate surface area is 377 Å². The average Bonchev–Trinajstić information content (AvgIpc) is 3.32. The molecular weight excluding hydrogens is 831 g/mol. The Kier molecular flexibility index (Phi) is 18.7. The van der Waals surface area contributed by atoms with Crippen LogP contribution in [0.5, 0.6) is 0 Å². The number of hydrogen-bond donors (Lipinski definition) is 3. The van der Waals surface area contributed by atoms with Gasteiger partial charge < -0.3 is 34.5 Å². The van der Waals surface area contributed by atoms with Crippen molar-refractivity contribution in [2.45, 2.75) is 39.3 Å². The van der Waals surface area contributed by atoms with Gasteiger partial charge in [0.25, 0.3) is 5.91 Å². The van der Waals surface area contributed by atoms with Gasteiger partial charge in [-0.05, 0) is 53.9 Å². The summed E-state index contributed by atoms with van der Waals surface area (Å²) < 4.78 is 22.1. The monoisotopic (exact) mass is 881 g/mol. The van der Waals surface area contributed by atoms with Crippen molar-refractivity contribution in [1.29, 1.82) is 0 Å². The van der Waals surface area contributed by atoms with Crippen LogP contribution in [0.3, 0.4) is 0 Å². The molecule has 1 aliphatic rings. The maximum Gasteiger partial charge on any atom is 0.251 e. The zero-order valence-corrected chi connectivity index (χ0v) is 36.2. The molecule has 1 aromatic heterocycles. The second kappa shape index (κ2) is 25.8. The lowest BCUT2D eigenvalue weighted by Gasteiger charge is -2.26. The molecular formula is C48H51N9O8. The summed E-state index contributed by atoms with van der Waals surface area (Å²) in [6.07, 6.45) is 1.67. The summed E-state index contributed by atoms with van der Waals surface area (Å²) in [5.74, 6) is 6.37. The van der Waals surface area contributed by atoms with Crippen molar-refractivity contribution >= 4 is 35.5 Å². The van der Waals surface area contributed by atoms with Crippen LogP contribution in [0.15, 0.2) is 102 Å². The molecule has 0 unspecified atom stereocenters. The highest BCUT2D eigenvalue weighted by Crippen LogP contribution is 2.26. The van der Waals surface area contributed by atoms with E-state index in [9.17, 15) is 19.2 Å². The highest BCUT2D eigenvalue weighted by Gasteiger charge is 2.22. The Balaban J connectivity index is 0.736. The summed E-state index contributed by atoms with van der Waals surface area (Å²) in [5, 5.41) is 25.6. The third-order valence-corrected chi connectivity index (χ3v) is 9.72. The number of amides is 4. The number of nitrogens with zero attached hydrogens (tertiary/aromatic N) is 6. The maximum absolute atomic E-state index is 13.4. The topological polar surface area (TPSA) is 208 Å². The molecule has 0 fully saturated rings. The normalized spacial score (nSPS) is 11.7. The zero-order chi connectivity index (χ0) is 45.5. The fourth-order valence-corrected chi connectivity index (χ4v) is 6.24. The first-order valence-corrected chi connectivity index (χ1v) is 21.2. The van der Waals surface area contributed by atoms with Crippen LogP contribution in [0.25, 0.3) is 11.4 Å². The summed E-state index contributed by atoms with van der Waals surface area (Å²) in [5.41, 5.74) is 8.62. The fraction of sp³-hybridized carbons (Fsp3) is 0.312. The molecule has 0 saturated heterocycles. The standard InChI is InChI=1S/C48H51N9O8/c1-35-52-55-47(56-53-35)40-14-10-36(11-15-40)32-50-44(58)22-24-62-26-28-64-30-31-65-29-27-63-25-23-49-48(61)41-16-12-37(13-17-41)33-51-54-45(59)20-21-46(60)57-34-42-8-3-2-6-38(42)18-19-39-7-4-5-9-43(39)57/h2-17,33H,20-32,34H2,1H3,(H,49,61)(H,50,58)(H,54,59)/b51-33+. The first-order chi connectivity index (χ1) is 31.8. The largest absolute Gasteiger partial charge is 0.379 e. The Morgan fingerprint density at radius 2 is 1.29 bits per heavy atom. The third kappa shape index (κ3) is 15.8. The summed E-state index contributed by atoms with van der Waals surface area (Å²) in [7, 11) is 0. The van der Waals surface area contributed by atoms with Crippen molar-refractivity contribution in [2.75, 3.05) is 64.3 Å². The minimum atomic E-state index is -0.397. The van der Waals surface area contributed by atoms with Gasteiger partial charge in [0.1, 0.15) is 0 Å². The van der Waals surface area contributed by atoms with Crippen LogP contribution < -0.4 is 21.0 Å². The summed E-state index contributed by atoms with van der Waals surface area (Å²) >= 11 is 0. The number of aromatic nitrogens is 4. The van der Waals surface area contributed by atoms with E-state index in [0.717, 1.165) is 27.8 Å². The molecule has 0 bridgehead atoms. The predicted molar refractivity (Wildman–Crippen MR) is 241 cm³/mol. The van der Waals surface area contributed by atoms with Gasteiger partial charge in [-0.3, -0.25) is 19.2 Å². The van der Waals surface area contributed by atoms with E-state index in [0.29, 0.717) is 94.3 Å². The number of hydrogen-bond acceptors (Lipinski definition) is 13.